The average Bonchev–Trinajstić information content (AvgIpc) is 2.50. The minimum Gasteiger partial charge on any atom is 0 e. The van der Waals surface area contributed by atoms with Gasteiger partial charge in [-0.1, -0.05) is 27.7 Å². The first kappa shape index (κ1) is 31.3. The molecule has 7 heteroatoms. The molecule has 0 saturated carbocycles. The number of amides is 2. The maximum Gasteiger partial charge on any atom is 0 e. The van der Waals surface area contributed by atoms with Gasteiger partial charge in [0.15, 0.2) is 0 Å². The van der Waals surface area contributed by atoms with Crippen molar-refractivity contribution in [3.63, 3.8) is 0 Å². The number of nitrogens with one attached hydrogen (secondary N) is 1. The molecule has 2 amide bonds. The third kappa shape index (κ3) is 18.7. The van der Waals surface area contributed by atoms with Crippen LogP contribution in [0.15, 0.2) is 0 Å². The van der Waals surface area contributed by atoms with Gasteiger partial charge in [0.05, 0.1) is 0 Å². The summed E-state index contributed by atoms with van der Waals surface area (Å²) < 4.78 is 5.49. The van der Waals surface area contributed by atoms with Gasteiger partial charge in [-0.3, -0.25) is 0 Å². The first-order chi connectivity index (χ1) is 10.3. The summed E-state index contributed by atoms with van der Waals surface area (Å²) in [6, 6.07) is 0. The van der Waals surface area contributed by atoms with E-state index in [1.165, 1.54) is 0 Å². The molecule has 136 valence electrons. The zero-order chi connectivity index (χ0) is 18.2. The molecule has 0 aromatic rings. The van der Waals surface area contributed by atoms with Gasteiger partial charge in [0.2, 0.25) is 0 Å². The van der Waals surface area contributed by atoms with E-state index in [-0.39, 0.29) is 35.8 Å². The van der Waals surface area contributed by atoms with Crippen LogP contribution >= 0.6 is 0 Å². The zero-order valence-corrected chi connectivity index (χ0v) is 24.8. The second-order valence-electron chi connectivity index (χ2n) is 5.05. The Morgan fingerprint density at radius 2 is 1.65 bits per heavy atom. The third-order valence-electron chi connectivity index (χ3n) is 2.68. The Hall–Kier alpha value is 0.523. The largest absolute Gasteiger partial charge is 0 e. The number of nitrogens with zero attached hydrogens (tertiary/aromatic N) is 1. The molecule has 0 radical (unpaired) electrons. The van der Waals surface area contributed by atoms with Gasteiger partial charge in [-0.2, -0.15) is 0 Å². The van der Waals surface area contributed by atoms with Gasteiger partial charge in [-0.15, -0.1) is 0 Å². The van der Waals surface area contributed by atoms with Crippen molar-refractivity contribution in [1.82, 2.24) is 10.2 Å². The Kier molecular flexibility index (Phi) is 28.0. The van der Waals surface area contributed by atoms with E-state index in [1.807, 2.05) is 41.5 Å². The summed E-state index contributed by atoms with van der Waals surface area (Å²) in [7, 11) is 3.54. The summed E-state index contributed by atoms with van der Waals surface area (Å²) in [4.78, 5) is 25.0. The normalized spacial score (nSPS) is 8.91. The molecule has 1 N–H and O–H groups in total. The molecule has 0 atom stereocenters. The van der Waals surface area contributed by atoms with E-state index in [0.717, 1.165) is 4.05 Å². The number of carbonyl (C=O) groups is 2. The van der Waals surface area contributed by atoms with E-state index in [2.05, 4.69) is 12.2 Å². The van der Waals surface area contributed by atoms with Crippen LogP contribution in [0, 0.1) is 6.92 Å². The van der Waals surface area contributed by atoms with E-state index < -0.39 is 24.6 Å². The zero-order valence-electron chi connectivity index (χ0n) is 16.3. The van der Waals surface area contributed by atoms with E-state index in [9.17, 15) is 9.59 Å². The Labute approximate surface area is 170 Å². The SMILES string of the molecule is CC.CC.[CH2-]COCCC(=O)N[CH2][Hg][C](C)(C)C(=O)N(C)C.[W]. The van der Waals surface area contributed by atoms with Crippen molar-refractivity contribution in [2.24, 2.45) is 0 Å². The summed E-state index contributed by atoms with van der Waals surface area (Å²) in [6.07, 6.45) is 0.366. The van der Waals surface area contributed by atoms with Crippen LogP contribution in [-0.2, 0) is 60.0 Å². The summed E-state index contributed by atoms with van der Waals surface area (Å²) >= 11 is -1.49. The van der Waals surface area contributed by atoms with Crippen LogP contribution in [0.4, 0.5) is 0 Å². The second-order valence-corrected chi connectivity index (χ2v) is 15.8. The van der Waals surface area contributed by atoms with Crippen LogP contribution in [0.25, 0.3) is 0 Å². The second kappa shape index (κ2) is 20.6. The van der Waals surface area contributed by atoms with Gasteiger partial charge in [0.1, 0.15) is 0 Å². The van der Waals surface area contributed by atoms with Crippen LogP contribution in [0.5, 0.6) is 0 Å². The van der Waals surface area contributed by atoms with Gasteiger partial charge >= 0.3 is 122 Å². The van der Waals surface area contributed by atoms with Crippen LogP contribution in [-0.4, -0.2) is 48.1 Å². The van der Waals surface area contributed by atoms with Crippen molar-refractivity contribution in [3.8, 4) is 0 Å². The molecule has 0 aliphatic carbocycles. The summed E-state index contributed by atoms with van der Waals surface area (Å²) in [5.74, 6) is 0.162. The molecule has 0 aliphatic heterocycles. The van der Waals surface area contributed by atoms with Crippen molar-refractivity contribution in [1.29, 1.82) is 0 Å². The molecule has 0 aromatic heterocycles. The Bertz CT molecular complexity index is 288. The average molecular weight is 688 g/mol. The number of rotatable bonds is 8. The number of hydrogen-bond donors (Lipinski definition) is 1. The fourth-order valence-electron chi connectivity index (χ4n) is 1.58. The molecule has 0 rings (SSSR count). The van der Waals surface area contributed by atoms with Gasteiger partial charge in [0.25, 0.3) is 0 Å². The Balaban J connectivity index is -0.000000332. The quantitative estimate of drug-likeness (QED) is 0.243. The van der Waals surface area contributed by atoms with Crippen molar-refractivity contribution in [2.75, 3.05) is 31.4 Å². The number of hydrogen-bond acceptors (Lipinski definition) is 3. The first-order valence-corrected chi connectivity index (χ1v) is 14.8. The summed E-state index contributed by atoms with van der Waals surface area (Å²) in [5, 5.41) is 2.88. The minimum absolute atomic E-state index is 0. The van der Waals surface area contributed by atoms with Gasteiger partial charge in [-0.05, 0) is 0 Å². The standard InChI is InChI=1S/C6H11NO2.C6H12NO.2C2H6.Hg.W/c1-3-9-5-4-6(8)7-2;1-5(2)6(8)7(3)4;2*1-2;;/h1-5H2,(H,7,8);1-4H3;2*1-2H3;;/q-1;;;;;. The monoisotopic (exact) mass is 689 g/mol. The summed E-state index contributed by atoms with van der Waals surface area (Å²) in [5.41, 5.74) is 0. The van der Waals surface area contributed by atoms with E-state index >= 15 is 0 Å². The van der Waals surface area contributed by atoms with Crippen LogP contribution < -0.4 is 5.32 Å². The predicted octanol–water partition coefficient (Wildman–Crippen LogP) is 2.72. The smallest absolute Gasteiger partial charge is 0 e. The predicted molar refractivity (Wildman–Crippen MR) is 89.2 cm³/mol. The molecule has 0 saturated heterocycles. The maximum absolute atomic E-state index is 11.9. The molecular weight excluding hydrogens is 653 g/mol. The number of carbonyl (C=O) groups excluding carboxylic acids is 2. The molecule has 0 heterocycles. The topological polar surface area (TPSA) is 58.6 Å². The molecule has 0 aliphatic rings. The van der Waals surface area contributed by atoms with Gasteiger partial charge in [-0.25, -0.2) is 0 Å². The van der Waals surface area contributed by atoms with Crippen LogP contribution in [0.2, 0.25) is 2.92 Å². The third-order valence-corrected chi connectivity index (χ3v) is 10.7. The first-order valence-electron chi connectivity index (χ1n) is 8.16. The van der Waals surface area contributed by atoms with Crippen molar-refractivity contribution >= 4 is 11.8 Å². The van der Waals surface area contributed by atoms with Crippen molar-refractivity contribution in [3.05, 3.63) is 6.92 Å². The Morgan fingerprint density at radius 1 is 1.17 bits per heavy atom. The maximum atomic E-state index is 11.9. The van der Waals surface area contributed by atoms with E-state index in [0.29, 0.717) is 19.6 Å². The van der Waals surface area contributed by atoms with Gasteiger partial charge < -0.3 is 0 Å². The fourth-order valence-corrected chi connectivity index (χ4v) is 7.64. The molecule has 0 spiro atoms. The molecular formula is C16H35HgN2O3W-. The minimum atomic E-state index is -1.49. The van der Waals surface area contributed by atoms with Crippen molar-refractivity contribution < 1.29 is 60.0 Å². The van der Waals surface area contributed by atoms with Crippen molar-refractivity contribution in [2.45, 2.75) is 50.9 Å². The van der Waals surface area contributed by atoms with E-state index in [1.54, 1.807) is 19.0 Å². The molecule has 23 heavy (non-hydrogen) atoms. The van der Waals surface area contributed by atoms with Crippen LogP contribution in [0.3, 0.4) is 0 Å². The van der Waals surface area contributed by atoms with Gasteiger partial charge in [0, 0.05) is 21.1 Å². The molecule has 0 aromatic carbocycles. The molecule has 5 nitrogen and oxygen atoms in total. The molecule has 0 unspecified atom stereocenters. The fraction of sp³-hybridized carbons (Fsp3) is 0.812. The van der Waals surface area contributed by atoms with E-state index in [4.69, 9.17) is 4.74 Å². The molecule has 0 bridgehead atoms. The van der Waals surface area contributed by atoms with Crippen LogP contribution in [0.1, 0.15) is 48.0 Å². The molecule has 0 fully saturated rings. The number of ether oxygens (including phenoxy) is 1. The Morgan fingerprint density at radius 3 is 2.04 bits per heavy atom. The summed E-state index contributed by atoms with van der Waals surface area (Å²) in [6.45, 7) is 16.3.